The SMILES string of the molecule is CC1CSCCN1C(CN)c1ccc(Cl)cc1. The summed E-state index contributed by atoms with van der Waals surface area (Å²) < 4.78 is 0. The minimum atomic E-state index is 0.322. The summed E-state index contributed by atoms with van der Waals surface area (Å²) in [4.78, 5) is 2.51. The molecule has 0 saturated carbocycles. The fourth-order valence-electron chi connectivity index (χ4n) is 2.35. The summed E-state index contributed by atoms with van der Waals surface area (Å²) in [6.45, 7) is 4.07. The number of rotatable bonds is 3. The maximum absolute atomic E-state index is 5.95. The molecule has 0 spiro atoms. The van der Waals surface area contributed by atoms with Crippen LogP contribution in [0.2, 0.25) is 5.02 Å². The van der Waals surface area contributed by atoms with Crippen LogP contribution in [0.15, 0.2) is 24.3 Å². The summed E-state index contributed by atoms with van der Waals surface area (Å²) in [5.41, 5.74) is 7.23. The molecule has 94 valence electrons. The van der Waals surface area contributed by atoms with Gasteiger partial charge in [-0.2, -0.15) is 11.8 Å². The van der Waals surface area contributed by atoms with Crippen molar-refractivity contribution in [3.8, 4) is 0 Å². The van der Waals surface area contributed by atoms with E-state index in [1.54, 1.807) is 0 Å². The third kappa shape index (κ3) is 3.16. The van der Waals surface area contributed by atoms with E-state index in [1.165, 1.54) is 17.1 Å². The molecule has 2 N–H and O–H groups in total. The topological polar surface area (TPSA) is 29.3 Å². The Kier molecular flexibility index (Phi) is 4.74. The van der Waals surface area contributed by atoms with Crippen LogP contribution in [0.25, 0.3) is 0 Å². The maximum atomic E-state index is 5.95. The summed E-state index contributed by atoms with van der Waals surface area (Å²) >= 11 is 7.95. The number of benzene rings is 1. The lowest BCUT2D eigenvalue weighted by Gasteiger charge is -2.39. The molecule has 2 unspecified atom stereocenters. The second-order valence-electron chi connectivity index (χ2n) is 4.46. The van der Waals surface area contributed by atoms with Gasteiger partial charge >= 0.3 is 0 Å². The molecule has 4 heteroatoms. The zero-order chi connectivity index (χ0) is 12.3. The molecule has 1 aliphatic heterocycles. The number of thioether (sulfide) groups is 1. The Morgan fingerprint density at radius 3 is 2.76 bits per heavy atom. The van der Waals surface area contributed by atoms with Crippen molar-refractivity contribution in [1.82, 2.24) is 4.90 Å². The van der Waals surface area contributed by atoms with Crippen LogP contribution in [-0.4, -0.2) is 35.5 Å². The van der Waals surface area contributed by atoms with Gasteiger partial charge in [0.2, 0.25) is 0 Å². The lowest BCUT2D eigenvalue weighted by atomic mass is 10.0. The van der Waals surface area contributed by atoms with Crippen LogP contribution in [0, 0.1) is 0 Å². The van der Waals surface area contributed by atoms with E-state index in [4.69, 9.17) is 17.3 Å². The van der Waals surface area contributed by atoms with Crippen LogP contribution >= 0.6 is 23.4 Å². The Hall–Kier alpha value is -0.220. The maximum Gasteiger partial charge on any atom is 0.0473 e. The molecule has 0 aliphatic carbocycles. The first-order chi connectivity index (χ1) is 8.22. The zero-order valence-electron chi connectivity index (χ0n) is 10.1. The predicted octanol–water partition coefficient (Wildman–Crippen LogP) is 2.78. The molecule has 2 rings (SSSR count). The lowest BCUT2D eigenvalue weighted by molar-refractivity contribution is 0.166. The molecule has 1 aromatic carbocycles. The molecule has 0 aromatic heterocycles. The Morgan fingerprint density at radius 2 is 2.18 bits per heavy atom. The minimum absolute atomic E-state index is 0.322. The Balaban J connectivity index is 2.17. The monoisotopic (exact) mass is 270 g/mol. The van der Waals surface area contributed by atoms with Gasteiger partial charge in [0.15, 0.2) is 0 Å². The van der Waals surface area contributed by atoms with Gasteiger partial charge in [-0.05, 0) is 24.6 Å². The van der Waals surface area contributed by atoms with E-state index < -0.39 is 0 Å². The van der Waals surface area contributed by atoms with E-state index in [9.17, 15) is 0 Å². The van der Waals surface area contributed by atoms with Crippen molar-refractivity contribution < 1.29 is 0 Å². The van der Waals surface area contributed by atoms with Crippen LogP contribution in [0.4, 0.5) is 0 Å². The lowest BCUT2D eigenvalue weighted by Crippen LogP contribution is -2.45. The fourth-order valence-corrected chi connectivity index (χ4v) is 3.52. The highest BCUT2D eigenvalue weighted by atomic mass is 35.5. The van der Waals surface area contributed by atoms with Crippen molar-refractivity contribution in [3.63, 3.8) is 0 Å². The highest BCUT2D eigenvalue weighted by Crippen LogP contribution is 2.27. The largest absolute Gasteiger partial charge is 0.329 e. The number of nitrogens with two attached hydrogens (primary N) is 1. The molecule has 1 fully saturated rings. The molecule has 1 aliphatic rings. The Morgan fingerprint density at radius 1 is 1.47 bits per heavy atom. The molecule has 1 heterocycles. The molecule has 0 bridgehead atoms. The van der Waals surface area contributed by atoms with Gasteiger partial charge in [-0.3, -0.25) is 4.90 Å². The van der Waals surface area contributed by atoms with Gasteiger partial charge in [-0.25, -0.2) is 0 Å². The van der Waals surface area contributed by atoms with Gasteiger partial charge in [0, 0.05) is 41.7 Å². The summed E-state index contributed by atoms with van der Waals surface area (Å²) in [7, 11) is 0. The van der Waals surface area contributed by atoms with Crippen molar-refractivity contribution >= 4 is 23.4 Å². The fraction of sp³-hybridized carbons (Fsp3) is 0.538. The standard InChI is InChI=1S/C13H19ClN2S/c1-10-9-17-7-6-16(10)13(8-15)11-2-4-12(14)5-3-11/h2-5,10,13H,6-9,15H2,1H3. The van der Waals surface area contributed by atoms with Crippen LogP contribution in [0.3, 0.4) is 0 Å². The average Bonchev–Trinajstić information content (AvgIpc) is 2.35. The first-order valence-electron chi connectivity index (χ1n) is 6.01. The molecule has 2 atom stereocenters. The van der Waals surface area contributed by atoms with Crippen LogP contribution in [0.5, 0.6) is 0 Å². The van der Waals surface area contributed by atoms with Gasteiger partial charge < -0.3 is 5.73 Å². The van der Waals surface area contributed by atoms with Gasteiger partial charge in [-0.1, -0.05) is 23.7 Å². The van der Waals surface area contributed by atoms with Crippen LogP contribution in [-0.2, 0) is 0 Å². The minimum Gasteiger partial charge on any atom is -0.329 e. The number of halogens is 1. The zero-order valence-corrected chi connectivity index (χ0v) is 11.7. The van der Waals surface area contributed by atoms with Crippen molar-refractivity contribution in [2.24, 2.45) is 5.73 Å². The van der Waals surface area contributed by atoms with Gasteiger partial charge in [0.1, 0.15) is 0 Å². The van der Waals surface area contributed by atoms with E-state index in [0.29, 0.717) is 18.6 Å². The third-order valence-corrected chi connectivity index (χ3v) is 4.74. The van der Waals surface area contributed by atoms with Crippen molar-refractivity contribution in [2.45, 2.75) is 19.0 Å². The van der Waals surface area contributed by atoms with Crippen LogP contribution in [0.1, 0.15) is 18.5 Å². The molecule has 2 nitrogen and oxygen atoms in total. The molecule has 0 amide bonds. The van der Waals surface area contributed by atoms with Crippen molar-refractivity contribution in [1.29, 1.82) is 0 Å². The van der Waals surface area contributed by atoms with E-state index in [-0.39, 0.29) is 0 Å². The summed E-state index contributed by atoms with van der Waals surface area (Å²) in [6.07, 6.45) is 0. The normalized spacial score (nSPS) is 23.6. The first-order valence-corrected chi connectivity index (χ1v) is 7.54. The summed E-state index contributed by atoms with van der Waals surface area (Å²) in [5.74, 6) is 2.40. The number of nitrogens with zero attached hydrogens (tertiary/aromatic N) is 1. The van der Waals surface area contributed by atoms with Crippen molar-refractivity contribution in [3.05, 3.63) is 34.9 Å². The molecule has 0 radical (unpaired) electrons. The second-order valence-corrected chi connectivity index (χ2v) is 6.05. The molecule has 1 aromatic rings. The summed E-state index contributed by atoms with van der Waals surface area (Å²) in [6, 6.07) is 9.00. The van der Waals surface area contributed by atoms with Gasteiger partial charge in [-0.15, -0.1) is 0 Å². The second kappa shape index (κ2) is 6.10. The van der Waals surface area contributed by atoms with Gasteiger partial charge in [0.25, 0.3) is 0 Å². The number of hydrogen-bond donors (Lipinski definition) is 1. The highest BCUT2D eigenvalue weighted by molar-refractivity contribution is 7.99. The smallest absolute Gasteiger partial charge is 0.0473 e. The molecular formula is C13H19ClN2S. The van der Waals surface area contributed by atoms with E-state index >= 15 is 0 Å². The predicted molar refractivity (Wildman–Crippen MR) is 76.7 cm³/mol. The summed E-state index contributed by atoms with van der Waals surface area (Å²) in [5, 5.41) is 0.784. The quantitative estimate of drug-likeness (QED) is 0.916. The Labute approximate surface area is 113 Å². The molecule has 17 heavy (non-hydrogen) atoms. The molecular weight excluding hydrogens is 252 g/mol. The van der Waals surface area contributed by atoms with Gasteiger partial charge in [0.05, 0.1) is 0 Å². The van der Waals surface area contributed by atoms with Crippen molar-refractivity contribution in [2.75, 3.05) is 24.6 Å². The Bertz CT molecular complexity index is 355. The van der Waals surface area contributed by atoms with E-state index in [2.05, 4.69) is 24.0 Å². The van der Waals surface area contributed by atoms with E-state index in [0.717, 1.165) is 11.6 Å². The third-order valence-electron chi connectivity index (χ3n) is 3.30. The molecule has 1 saturated heterocycles. The highest BCUT2D eigenvalue weighted by Gasteiger charge is 2.26. The first kappa shape index (κ1) is 13.2. The van der Waals surface area contributed by atoms with Crippen LogP contribution < -0.4 is 5.73 Å². The number of hydrogen-bond acceptors (Lipinski definition) is 3. The van der Waals surface area contributed by atoms with E-state index in [1.807, 2.05) is 23.9 Å². The average molecular weight is 271 g/mol.